The monoisotopic (exact) mass is 343 g/mol. The molecule has 1 aliphatic rings. The molecule has 128 valence electrons. The normalized spacial score (nSPS) is 16.5. The van der Waals surface area contributed by atoms with Crippen LogP contribution in [0.25, 0.3) is 0 Å². The number of aromatic hydroxyl groups is 1. The summed E-state index contributed by atoms with van der Waals surface area (Å²) >= 11 is 0. The van der Waals surface area contributed by atoms with Crippen LogP contribution in [0.2, 0.25) is 0 Å². The Hall–Kier alpha value is -1.87. The molecule has 0 amide bonds. The Morgan fingerprint density at radius 1 is 1.26 bits per heavy atom. The van der Waals surface area contributed by atoms with Crippen LogP contribution in [0.1, 0.15) is 5.56 Å². The highest BCUT2D eigenvalue weighted by atomic mass is 32.2. The fraction of sp³-hybridized carbons (Fsp3) is 0.571. The van der Waals surface area contributed by atoms with Crippen LogP contribution in [0.15, 0.2) is 12.1 Å². The van der Waals surface area contributed by atoms with E-state index in [9.17, 15) is 23.6 Å². The molecule has 0 aromatic heterocycles. The van der Waals surface area contributed by atoms with Crippen LogP contribution >= 0.6 is 0 Å². The van der Waals surface area contributed by atoms with Crippen molar-refractivity contribution in [3.8, 4) is 5.75 Å². The fourth-order valence-corrected chi connectivity index (χ4v) is 3.25. The Morgan fingerprint density at radius 3 is 2.39 bits per heavy atom. The Bertz CT molecular complexity index is 697. The number of phenolic OH excluding ortho intramolecular Hbond substituents is 1. The molecular formula is C14H21N3O5S. The van der Waals surface area contributed by atoms with Gasteiger partial charge in [0.1, 0.15) is 9.84 Å². The van der Waals surface area contributed by atoms with E-state index in [1.165, 1.54) is 18.4 Å². The Morgan fingerprint density at radius 2 is 1.87 bits per heavy atom. The van der Waals surface area contributed by atoms with Crippen molar-refractivity contribution in [3.05, 3.63) is 27.8 Å². The quantitative estimate of drug-likeness (QED) is 0.622. The van der Waals surface area contributed by atoms with Gasteiger partial charge in [-0.3, -0.25) is 15.0 Å². The van der Waals surface area contributed by atoms with Crippen LogP contribution in [-0.4, -0.2) is 68.1 Å². The average molecular weight is 343 g/mol. The maximum atomic E-state index is 11.2. The molecule has 1 aromatic rings. The van der Waals surface area contributed by atoms with Crippen LogP contribution in [-0.2, 0) is 9.84 Å². The highest BCUT2D eigenvalue weighted by molar-refractivity contribution is 7.90. The summed E-state index contributed by atoms with van der Waals surface area (Å²) in [5.74, 6) is -0.195. The van der Waals surface area contributed by atoms with Gasteiger partial charge in [-0.2, -0.15) is 0 Å². The summed E-state index contributed by atoms with van der Waals surface area (Å²) in [5.41, 5.74) is 1.22. The second-order valence-corrected chi connectivity index (χ2v) is 8.10. The number of benzene rings is 1. The lowest BCUT2D eigenvalue weighted by Crippen LogP contribution is -2.47. The van der Waals surface area contributed by atoms with Crippen molar-refractivity contribution < 1.29 is 18.4 Å². The second kappa shape index (κ2) is 6.71. The van der Waals surface area contributed by atoms with Crippen molar-refractivity contribution in [2.24, 2.45) is 0 Å². The molecule has 9 heteroatoms. The predicted molar refractivity (Wildman–Crippen MR) is 87.9 cm³/mol. The predicted octanol–water partition coefficient (Wildman–Crippen LogP) is 0.775. The SMILES string of the molecule is Cc1cc([N+](=O)[O-])c(O)cc1N1CCN(CCS(C)(=O)=O)CC1. The van der Waals surface area contributed by atoms with E-state index in [1.54, 1.807) is 6.92 Å². The van der Waals surface area contributed by atoms with E-state index in [4.69, 9.17) is 0 Å². The molecule has 0 radical (unpaired) electrons. The van der Waals surface area contributed by atoms with E-state index in [0.717, 1.165) is 11.3 Å². The Labute approximate surface area is 135 Å². The molecule has 0 bridgehead atoms. The molecule has 1 aliphatic heterocycles. The van der Waals surface area contributed by atoms with Crippen molar-refractivity contribution >= 4 is 21.2 Å². The first-order valence-electron chi connectivity index (χ1n) is 7.30. The molecule has 0 atom stereocenters. The van der Waals surface area contributed by atoms with Crippen LogP contribution in [0.5, 0.6) is 5.75 Å². The highest BCUT2D eigenvalue weighted by Gasteiger charge is 2.22. The van der Waals surface area contributed by atoms with Gasteiger partial charge in [-0.1, -0.05) is 0 Å². The zero-order valence-electron chi connectivity index (χ0n) is 13.2. The molecule has 1 N–H and O–H groups in total. The number of nitro benzene ring substituents is 1. The molecule has 0 unspecified atom stereocenters. The molecule has 1 aromatic carbocycles. The van der Waals surface area contributed by atoms with Crippen LogP contribution in [0.3, 0.4) is 0 Å². The van der Waals surface area contributed by atoms with Gasteiger partial charge in [0.25, 0.3) is 0 Å². The summed E-state index contributed by atoms with van der Waals surface area (Å²) in [5, 5.41) is 20.6. The fourth-order valence-electron chi connectivity index (χ4n) is 2.66. The van der Waals surface area contributed by atoms with Crippen molar-refractivity contribution in [2.45, 2.75) is 6.92 Å². The topological polar surface area (TPSA) is 104 Å². The lowest BCUT2D eigenvalue weighted by atomic mass is 10.1. The van der Waals surface area contributed by atoms with E-state index in [2.05, 4.69) is 9.80 Å². The standard InChI is InChI=1S/C14H21N3O5S/c1-11-9-13(17(19)20)14(18)10-12(11)16-5-3-15(4-6-16)7-8-23(2,21)22/h9-10,18H,3-8H2,1-2H3. The van der Waals surface area contributed by atoms with Crippen LogP contribution in [0.4, 0.5) is 11.4 Å². The third-order valence-electron chi connectivity index (χ3n) is 3.98. The smallest absolute Gasteiger partial charge is 0.311 e. The third-order valence-corrected chi connectivity index (χ3v) is 4.91. The number of hydrogen-bond donors (Lipinski definition) is 1. The van der Waals surface area contributed by atoms with Crippen molar-refractivity contribution in [2.75, 3.05) is 49.6 Å². The van der Waals surface area contributed by atoms with Crippen LogP contribution in [0, 0.1) is 17.0 Å². The third kappa shape index (κ3) is 4.55. The van der Waals surface area contributed by atoms with Gasteiger partial charge >= 0.3 is 5.69 Å². The average Bonchev–Trinajstić information content (AvgIpc) is 2.47. The minimum atomic E-state index is -2.97. The summed E-state index contributed by atoms with van der Waals surface area (Å²) in [6.45, 7) is 5.08. The van der Waals surface area contributed by atoms with E-state index < -0.39 is 14.8 Å². The lowest BCUT2D eigenvalue weighted by molar-refractivity contribution is -0.385. The van der Waals surface area contributed by atoms with E-state index in [0.29, 0.717) is 32.7 Å². The number of nitro groups is 1. The van der Waals surface area contributed by atoms with E-state index in [-0.39, 0.29) is 17.2 Å². The van der Waals surface area contributed by atoms with Gasteiger partial charge in [-0.25, -0.2) is 8.42 Å². The number of piperazine rings is 1. The van der Waals surface area contributed by atoms with Gasteiger partial charge in [0.05, 0.1) is 10.7 Å². The number of anilines is 1. The Kier molecular flexibility index (Phi) is 5.10. The maximum Gasteiger partial charge on any atom is 0.311 e. The second-order valence-electron chi connectivity index (χ2n) is 5.84. The van der Waals surface area contributed by atoms with Gasteiger partial charge in [-0.15, -0.1) is 0 Å². The van der Waals surface area contributed by atoms with Gasteiger partial charge in [0.2, 0.25) is 0 Å². The van der Waals surface area contributed by atoms with Gasteiger partial charge in [-0.05, 0) is 12.5 Å². The summed E-state index contributed by atoms with van der Waals surface area (Å²) in [6.07, 6.45) is 1.23. The number of nitrogens with zero attached hydrogens (tertiary/aromatic N) is 3. The number of sulfone groups is 1. The molecule has 8 nitrogen and oxygen atoms in total. The lowest BCUT2D eigenvalue weighted by Gasteiger charge is -2.36. The van der Waals surface area contributed by atoms with Gasteiger partial charge < -0.3 is 10.0 Å². The molecule has 0 aliphatic carbocycles. The molecule has 0 spiro atoms. The number of hydrogen-bond acceptors (Lipinski definition) is 7. The molecular weight excluding hydrogens is 322 g/mol. The van der Waals surface area contributed by atoms with E-state index >= 15 is 0 Å². The molecule has 2 rings (SSSR count). The number of aryl methyl sites for hydroxylation is 1. The van der Waals surface area contributed by atoms with Crippen molar-refractivity contribution in [1.29, 1.82) is 0 Å². The molecule has 1 fully saturated rings. The number of phenols is 1. The first-order valence-corrected chi connectivity index (χ1v) is 9.36. The molecule has 0 saturated carbocycles. The molecule has 23 heavy (non-hydrogen) atoms. The first-order chi connectivity index (χ1) is 10.7. The number of rotatable bonds is 5. The summed E-state index contributed by atoms with van der Waals surface area (Å²) in [6, 6.07) is 2.81. The van der Waals surface area contributed by atoms with Crippen LogP contribution < -0.4 is 4.90 Å². The zero-order valence-corrected chi connectivity index (χ0v) is 14.0. The summed E-state index contributed by atoms with van der Waals surface area (Å²) in [7, 11) is -2.97. The molecule has 1 saturated heterocycles. The van der Waals surface area contributed by atoms with Gasteiger partial charge in [0.15, 0.2) is 5.75 Å². The first kappa shape index (κ1) is 17.5. The van der Waals surface area contributed by atoms with Crippen molar-refractivity contribution in [3.63, 3.8) is 0 Å². The van der Waals surface area contributed by atoms with Crippen molar-refractivity contribution in [1.82, 2.24) is 4.90 Å². The van der Waals surface area contributed by atoms with Gasteiger partial charge in [0, 0.05) is 56.8 Å². The zero-order chi connectivity index (χ0) is 17.2. The molecule has 1 heterocycles. The summed E-state index contributed by atoms with van der Waals surface area (Å²) in [4.78, 5) is 14.4. The minimum Gasteiger partial charge on any atom is -0.502 e. The van der Waals surface area contributed by atoms with E-state index in [1.807, 2.05) is 0 Å². The highest BCUT2D eigenvalue weighted by Crippen LogP contribution is 2.34. The Balaban J connectivity index is 2.03. The largest absolute Gasteiger partial charge is 0.502 e. The summed E-state index contributed by atoms with van der Waals surface area (Å²) < 4.78 is 22.4. The minimum absolute atomic E-state index is 0.143. The maximum absolute atomic E-state index is 11.2.